The summed E-state index contributed by atoms with van der Waals surface area (Å²) in [4.78, 5) is 2.22. The van der Waals surface area contributed by atoms with E-state index in [2.05, 4.69) is 11.9 Å². The monoisotopic (exact) mass is 196 g/mol. The van der Waals surface area contributed by atoms with Crippen molar-refractivity contribution >= 4 is 0 Å². The largest absolute Gasteiger partial charge is 0.465 e. The molecule has 0 amide bonds. The Balaban J connectivity index is 2.30. The average Bonchev–Trinajstić information content (AvgIpc) is 2.48. The molecule has 0 radical (unpaired) electrons. The lowest BCUT2D eigenvalue weighted by Gasteiger charge is -2.16. The molecule has 1 aromatic heterocycles. The molecular weight excluding hydrogens is 176 g/mol. The number of nitrogens with zero attached hydrogens (tertiary/aromatic N) is 1. The van der Waals surface area contributed by atoms with Gasteiger partial charge in [-0.15, -0.1) is 0 Å². The summed E-state index contributed by atoms with van der Waals surface area (Å²) in [7, 11) is 2.08. The predicted octanol–water partition coefficient (Wildman–Crippen LogP) is 1.76. The van der Waals surface area contributed by atoms with Gasteiger partial charge in [0, 0.05) is 6.04 Å². The Bertz CT molecular complexity index is 268. The third-order valence-corrected chi connectivity index (χ3v) is 2.19. The zero-order chi connectivity index (χ0) is 10.6. The van der Waals surface area contributed by atoms with Crippen LogP contribution < -0.4 is 5.73 Å². The van der Waals surface area contributed by atoms with Crippen LogP contribution in [0.1, 0.15) is 24.9 Å². The minimum absolute atomic E-state index is 0.274. The minimum atomic E-state index is 0.274. The summed E-state index contributed by atoms with van der Waals surface area (Å²) in [5.41, 5.74) is 5.69. The van der Waals surface area contributed by atoms with Crippen molar-refractivity contribution in [2.45, 2.75) is 32.9 Å². The van der Waals surface area contributed by atoms with Crippen molar-refractivity contribution in [3.05, 3.63) is 23.7 Å². The van der Waals surface area contributed by atoms with E-state index in [1.54, 1.807) is 0 Å². The first-order valence-corrected chi connectivity index (χ1v) is 5.07. The van der Waals surface area contributed by atoms with Crippen molar-refractivity contribution in [2.24, 2.45) is 5.73 Å². The lowest BCUT2D eigenvalue weighted by molar-refractivity contribution is 0.283. The molecule has 0 aliphatic heterocycles. The molecule has 0 spiro atoms. The third kappa shape index (κ3) is 3.94. The van der Waals surface area contributed by atoms with Gasteiger partial charge in [-0.3, -0.25) is 4.90 Å². The number of nitrogens with two attached hydrogens (primary N) is 1. The predicted molar refractivity (Wildman–Crippen MR) is 58.0 cm³/mol. The molecule has 2 N–H and O–H groups in total. The van der Waals surface area contributed by atoms with Gasteiger partial charge < -0.3 is 10.2 Å². The Morgan fingerprint density at radius 1 is 1.50 bits per heavy atom. The molecule has 0 aliphatic rings. The van der Waals surface area contributed by atoms with Gasteiger partial charge in [-0.1, -0.05) is 0 Å². The van der Waals surface area contributed by atoms with Crippen molar-refractivity contribution < 1.29 is 4.42 Å². The van der Waals surface area contributed by atoms with E-state index in [0.717, 1.165) is 31.0 Å². The highest BCUT2D eigenvalue weighted by atomic mass is 16.3. The van der Waals surface area contributed by atoms with Gasteiger partial charge in [0.1, 0.15) is 11.5 Å². The maximum Gasteiger partial charge on any atom is 0.118 e. The molecule has 1 aromatic rings. The zero-order valence-corrected chi connectivity index (χ0v) is 9.29. The fraction of sp³-hybridized carbons (Fsp3) is 0.636. The van der Waals surface area contributed by atoms with E-state index in [-0.39, 0.29) is 6.04 Å². The van der Waals surface area contributed by atoms with Gasteiger partial charge >= 0.3 is 0 Å². The summed E-state index contributed by atoms with van der Waals surface area (Å²) in [6.45, 7) is 5.87. The molecule has 1 atom stereocenters. The second-order valence-electron chi connectivity index (χ2n) is 4.02. The molecule has 0 saturated heterocycles. The van der Waals surface area contributed by atoms with Gasteiger partial charge in [0.2, 0.25) is 0 Å². The quantitative estimate of drug-likeness (QED) is 0.780. The first kappa shape index (κ1) is 11.3. The van der Waals surface area contributed by atoms with Crippen LogP contribution in [-0.2, 0) is 6.54 Å². The topological polar surface area (TPSA) is 42.4 Å². The SMILES string of the molecule is Cc1ccc(CN(C)CCC(C)N)o1. The third-order valence-electron chi connectivity index (χ3n) is 2.19. The van der Waals surface area contributed by atoms with Gasteiger partial charge in [0.25, 0.3) is 0 Å². The van der Waals surface area contributed by atoms with Gasteiger partial charge in [-0.2, -0.15) is 0 Å². The van der Waals surface area contributed by atoms with Crippen LogP contribution in [0.15, 0.2) is 16.5 Å². The van der Waals surface area contributed by atoms with Crippen molar-refractivity contribution in [1.82, 2.24) is 4.90 Å². The van der Waals surface area contributed by atoms with Crippen LogP contribution in [0.2, 0.25) is 0 Å². The van der Waals surface area contributed by atoms with E-state index in [4.69, 9.17) is 10.2 Å². The van der Waals surface area contributed by atoms with Crippen molar-refractivity contribution in [2.75, 3.05) is 13.6 Å². The molecule has 0 bridgehead atoms. The fourth-order valence-corrected chi connectivity index (χ4v) is 1.34. The molecule has 1 rings (SSSR count). The van der Waals surface area contributed by atoms with E-state index in [9.17, 15) is 0 Å². The smallest absolute Gasteiger partial charge is 0.118 e. The van der Waals surface area contributed by atoms with Gasteiger partial charge in [0.05, 0.1) is 6.54 Å². The molecular formula is C11H20N2O. The van der Waals surface area contributed by atoms with Crippen LogP contribution in [-0.4, -0.2) is 24.5 Å². The highest BCUT2D eigenvalue weighted by Gasteiger charge is 2.04. The normalized spacial score (nSPS) is 13.5. The van der Waals surface area contributed by atoms with Crippen LogP contribution in [0.5, 0.6) is 0 Å². The minimum Gasteiger partial charge on any atom is -0.465 e. The van der Waals surface area contributed by atoms with Crippen LogP contribution in [0.25, 0.3) is 0 Å². The van der Waals surface area contributed by atoms with Crippen LogP contribution >= 0.6 is 0 Å². The zero-order valence-electron chi connectivity index (χ0n) is 9.29. The van der Waals surface area contributed by atoms with E-state index < -0.39 is 0 Å². The second kappa shape index (κ2) is 5.17. The molecule has 1 heterocycles. The molecule has 3 heteroatoms. The van der Waals surface area contributed by atoms with Crippen LogP contribution in [0.4, 0.5) is 0 Å². The molecule has 0 aliphatic carbocycles. The Labute approximate surface area is 85.9 Å². The van der Waals surface area contributed by atoms with Crippen molar-refractivity contribution in [3.8, 4) is 0 Å². The Kier molecular flexibility index (Phi) is 4.17. The summed E-state index contributed by atoms with van der Waals surface area (Å²) in [6.07, 6.45) is 1.02. The lowest BCUT2D eigenvalue weighted by atomic mass is 10.2. The summed E-state index contributed by atoms with van der Waals surface area (Å²) in [5.74, 6) is 2.00. The average molecular weight is 196 g/mol. The first-order valence-electron chi connectivity index (χ1n) is 5.07. The number of rotatable bonds is 5. The maximum atomic E-state index is 5.69. The number of hydrogen-bond donors (Lipinski definition) is 1. The lowest BCUT2D eigenvalue weighted by Crippen LogP contribution is -2.25. The van der Waals surface area contributed by atoms with E-state index in [1.165, 1.54) is 0 Å². The summed E-state index contributed by atoms with van der Waals surface area (Å²) >= 11 is 0. The van der Waals surface area contributed by atoms with Crippen molar-refractivity contribution in [3.63, 3.8) is 0 Å². The van der Waals surface area contributed by atoms with E-state index in [0.29, 0.717) is 0 Å². The molecule has 80 valence electrons. The molecule has 3 nitrogen and oxygen atoms in total. The van der Waals surface area contributed by atoms with Crippen molar-refractivity contribution in [1.29, 1.82) is 0 Å². The van der Waals surface area contributed by atoms with Crippen LogP contribution in [0.3, 0.4) is 0 Å². The summed E-state index contributed by atoms with van der Waals surface area (Å²) < 4.78 is 5.49. The molecule has 0 aromatic carbocycles. The number of furan rings is 1. The van der Waals surface area contributed by atoms with Crippen LogP contribution in [0, 0.1) is 6.92 Å². The molecule has 14 heavy (non-hydrogen) atoms. The molecule has 0 fully saturated rings. The highest BCUT2D eigenvalue weighted by molar-refractivity contribution is 5.05. The Morgan fingerprint density at radius 3 is 2.71 bits per heavy atom. The maximum absolute atomic E-state index is 5.69. The standard InChI is InChI=1S/C11H20N2O/c1-9(12)6-7-13(3)8-11-5-4-10(2)14-11/h4-5,9H,6-8,12H2,1-3H3. The Morgan fingerprint density at radius 2 is 2.21 bits per heavy atom. The van der Waals surface area contributed by atoms with Gasteiger partial charge in [0.15, 0.2) is 0 Å². The summed E-state index contributed by atoms with van der Waals surface area (Å²) in [5, 5.41) is 0. The summed E-state index contributed by atoms with van der Waals surface area (Å²) in [6, 6.07) is 4.29. The van der Waals surface area contributed by atoms with E-state index >= 15 is 0 Å². The molecule has 1 unspecified atom stereocenters. The van der Waals surface area contributed by atoms with E-state index in [1.807, 2.05) is 26.0 Å². The number of hydrogen-bond acceptors (Lipinski definition) is 3. The molecule has 0 saturated carbocycles. The first-order chi connectivity index (χ1) is 6.58. The van der Waals surface area contributed by atoms with Gasteiger partial charge in [-0.25, -0.2) is 0 Å². The second-order valence-corrected chi connectivity index (χ2v) is 4.02. The Hall–Kier alpha value is -0.800. The number of aryl methyl sites for hydroxylation is 1. The highest BCUT2D eigenvalue weighted by Crippen LogP contribution is 2.08. The fourth-order valence-electron chi connectivity index (χ4n) is 1.34. The van der Waals surface area contributed by atoms with Gasteiger partial charge in [-0.05, 0) is 46.0 Å².